The number of thioether (sulfide) groups is 1. The van der Waals surface area contributed by atoms with E-state index < -0.39 is 56.1 Å². The van der Waals surface area contributed by atoms with Crippen molar-refractivity contribution in [3.8, 4) is 0 Å². The molecule has 1 aromatic carbocycles. The first kappa shape index (κ1) is 29.3. The number of rotatable bonds is 8. The molecule has 0 aliphatic carbocycles. The van der Waals surface area contributed by atoms with Gasteiger partial charge in [0.15, 0.2) is 26.6 Å². The monoisotopic (exact) mass is 526 g/mol. The molecule has 0 amide bonds. The molecule has 0 saturated carbocycles. The van der Waals surface area contributed by atoms with Crippen molar-refractivity contribution in [2.45, 2.75) is 101 Å². The van der Waals surface area contributed by atoms with Crippen LogP contribution < -0.4 is 0 Å². The van der Waals surface area contributed by atoms with Crippen molar-refractivity contribution in [1.82, 2.24) is 0 Å². The Labute approximate surface area is 213 Å². The molecule has 35 heavy (non-hydrogen) atoms. The van der Waals surface area contributed by atoms with Gasteiger partial charge in [-0.3, -0.25) is 14.4 Å². The van der Waals surface area contributed by atoms with Crippen LogP contribution >= 0.6 is 11.8 Å². The largest absolute Gasteiger partial charge is 0.456 e. The zero-order valence-electron chi connectivity index (χ0n) is 22.1. The van der Waals surface area contributed by atoms with Gasteiger partial charge in [-0.25, -0.2) is 0 Å². The number of aryl methyl sites for hydroxylation is 1. The fourth-order valence-electron chi connectivity index (χ4n) is 3.34. The van der Waals surface area contributed by atoms with Gasteiger partial charge in [0.1, 0.15) is 11.5 Å². The smallest absolute Gasteiger partial charge is 0.303 e. The van der Waals surface area contributed by atoms with Gasteiger partial charge >= 0.3 is 17.9 Å². The number of ether oxygens (including phenoxy) is 4. The van der Waals surface area contributed by atoms with E-state index in [1.54, 1.807) is 0 Å². The molecule has 0 N–H and O–H groups in total. The molecule has 1 saturated heterocycles. The van der Waals surface area contributed by atoms with E-state index in [1.165, 1.54) is 32.5 Å². The van der Waals surface area contributed by atoms with Gasteiger partial charge in [0.2, 0.25) is 0 Å². The molecule has 1 aromatic rings. The summed E-state index contributed by atoms with van der Waals surface area (Å²) in [5.74, 6) is -1.73. The molecule has 1 fully saturated rings. The summed E-state index contributed by atoms with van der Waals surface area (Å²) in [7, 11) is -2.18. The topological polar surface area (TPSA) is 97.4 Å². The zero-order valence-corrected chi connectivity index (χ0v) is 23.9. The van der Waals surface area contributed by atoms with E-state index in [-0.39, 0.29) is 11.6 Å². The van der Waals surface area contributed by atoms with Crippen LogP contribution in [0, 0.1) is 6.92 Å². The number of carbonyl (C=O) groups is 3. The third kappa shape index (κ3) is 8.34. The van der Waals surface area contributed by atoms with Crippen LogP contribution in [0.25, 0.3) is 0 Å². The average Bonchev–Trinajstić information content (AvgIpc) is 2.71. The van der Waals surface area contributed by atoms with Gasteiger partial charge in [-0.2, -0.15) is 0 Å². The molecule has 0 aromatic heterocycles. The number of carbonyl (C=O) groups excluding carboxylic acids is 3. The van der Waals surface area contributed by atoms with Gasteiger partial charge in [-0.1, -0.05) is 50.2 Å². The van der Waals surface area contributed by atoms with E-state index in [4.69, 9.17) is 23.4 Å². The summed E-state index contributed by atoms with van der Waals surface area (Å²) in [5.41, 5.74) is 0.370. The fraction of sp³-hybridized carbons (Fsp3) is 0.640. The predicted octanol–water partition coefficient (Wildman–Crippen LogP) is 4.63. The summed E-state index contributed by atoms with van der Waals surface area (Å²) in [5, 5.41) is -0.0514. The van der Waals surface area contributed by atoms with Gasteiger partial charge in [0.25, 0.3) is 0 Å². The summed E-state index contributed by atoms with van der Waals surface area (Å²) in [6.45, 7) is 16.5. The van der Waals surface area contributed by atoms with Crippen molar-refractivity contribution in [2.24, 2.45) is 0 Å². The Morgan fingerprint density at radius 2 is 1.37 bits per heavy atom. The molecule has 1 aliphatic heterocycles. The quantitative estimate of drug-likeness (QED) is 0.273. The Morgan fingerprint density at radius 1 is 0.886 bits per heavy atom. The molecule has 1 aliphatic rings. The van der Waals surface area contributed by atoms with E-state index >= 15 is 0 Å². The van der Waals surface area contributed by atoms with Crippen molar-refractivity contribution in [3.63, 3.8) is 0 Å². The van der Waals surface area contributed by atoms with Gasteiger partial charge in [0, 0.05) is 25.7 Å². The van der Waals surface area contributed by atoms with Crippen LogP contribution in [0.4, 0.5) is 0 Å². The van der Waals surface area contributed by atoms with Crippen molar-refractivity contribution in [3.05, 3.63) is 29.8 Å². The van der Waals surface area contributed by atoms with Crippen LogP contribution in [0.1, 0.15) is 47.1 Å². The lowest BCUT2D eigenvalue weighted by molar-refractivity contribution is -0.235. The molecule has 0 radical (unpaired) electrons. The fourth-order valence-corrected chi connectivity index (χ4v) is 5.46. The first-order valence-corrected chi connectivity index (χ1v) is 15.4. The Hall–Kier alpha value is -1.88. The van der Waals surface area contributed by atoms with Crippen molar-refractivity contribution < 1.29 is 37.8 Å². The molecule has 10 heteroatoms. The molecule has 0 unspecified atom stereocenters. The van der Waals surface area contributed by atoms with Crippen LogP contribution in [-0.4, -0.2) is 62.7 Å². The number of esters is 3. The first-order chi connectivity index (χ1) is 16.1. The van der Waals surface area contributed by atoms with Crippen molar-refractivity contribution in [1.29, 1.82) is 0 Å². The van der Waals surface area contributed by atoms with Gasteiger partial charge in [-0.05, 0) is 37.2 Å². The second-order valence-corrected chi connectivity index (χ2v) is 16.2. The highest BCUT2D eigenvalue weighted by Crippen LogP contribution is 2.40. The second-order valence-electron chi connectivity index (χ2n) is 10.3. The number of hydrogen-bond donors (Lipinski definition) is 0. The third-order valence-electron chi connectivity index (χ3n) is 6.19. The maximum atomic E-state index is 12.1. The predicted molar refractivity (Wildman–Crippen MR) is 136 cm³/mol. The summed E-state index contributed by atoms with van der Waals surface area (Å²) < 4.78 is 29.6. The summed E-state index contributed by atoms with van der Waals surface area (Å²) in [6.07, 6.45) is -3.83. The van der Waals surface area contributed by atoms with Gasteiger partial charge in [-0.15, -0.1) is 0 Å². The van der Waals surface area contributed by atoms with E-state index in [2.05, 4.69) is 33.9 Å². The normalized spacial score (nSPS) is 25.0. The van der Waals surface area contributed by atoms with Crippen LogP contribution in [0.15, 0.2) is 29.2 Å². The lowest BCUT2D eigenvalue weighted by Crippen LogP contribution is -2.62. The van der Waals surface area contributed by atoms with E-state index in [0.29, 0.717) is 0 Å². The summed E-state index contributed by atoms with van der Waals surface area (Å²) >= 11 is 1.34. The molecule has 1 heterocycles. The minimum atomic E-state index is -2.18. The highest BCUT2D eigenvalue weighted by atomic mass is 32.2. The highest BCUT2D eigenvalue weighted by Gasteiger charge is 2.52. The molecule has 196 valence electrons. The van der Waals surface area contributed by atoms with E-state index in [0.717, 1.165) is 10.5 Å². The van der Waals surface area contributed by atoms with Gasteiger partial charge < -0.3 is 23.4 Å². The minimum absolute atomic E-state index is 0.0514. The van der Waals surface area contributed by atoms with Crippen molar-refractivity contribution in [2.75, 3.05) is 6.61 Å². The molecule has 0 bridgehead atoms. The minimum Gasteiger partial charge on any atom is -0.456 e. The summed E-state index contributed by atoms with van der Waals surface area (Å²) in [4.78, 5) is 37.0. The Kier molecular flexibility index (Phi) is 9.98. The van der Waals surface area contributed by atoms with Crippen molar-refractivity contribution >= 4 is 38.0 Å². The highest BCUT2D eigenvalue weighted by molar-refractivity contribution is 7.99. The summed E-state index contributed by atoms with van der Waals surface area (Å²) in [6, 6.07) is 7.81. The molecular weight excluding hydrogens is 488 g/mol. The maximum Gasteiger partial charge on any atom is 0.303 e. The maximum absolute atomic E-state index is 12.1. The first-order valence-electron chi connectivity index (χ1n) is 11.6. The average molecular weight is 527 g/mol. The third-order valence-corrected chi connectivity index (χ3v) is 11.8. The molecule has 5 atom stereocenters. The van der Waals surface area contributed by atoms with E-state index in [1.807, 2.05) is 31.2 Å². The molecule has 0 spiro atoms. The van der Waals surface area contributed by atoms with Crippen LogP contribution in [0.5, 0.6) is 0 Å². The Balaban J connectivity index is 2.46. The molecule has 8 nitrogen and oxygen atoms in total. The number of benzene rings is 1. The van der Waals surface area contributed by atoms with Crippen LogP contribution in [-0.2, 0) is 37.8 Å². The Bertz CT molecular complexity index is 896. The van der Waals surface area contributed by atoms with E-state index in [9.17, 15) is 14.4 Å². The molecule has 2 rings (SSSR count). The number of hydrogen-bond acceptors (Lipinski definition) is 9. The Morgan fingerprint density at radius 3 is 1.86 bits per heavy atom. The van der Waals surface area contributed by atoms with Crippen LogP contribution in [0.2, 0.25) is 18.1 Å². The van der Waals surface area contributed by atoms with Gasteiger partial charge in [0.05, 0.1) is 6.61 Å². The SMILES string of the molecule is CC(=O)O[C@H]1[C@@H](OC(C)=O)[C@@H](CO[Si](C)(C)C(C)(C)C)O[C@@H](Sc2ccc(C)cc2)[C@@H]1OC(C)=O. The molecular formula is C25H38O8SSi. The lowest BCUT2D eigenvalue weighted by atomic mass is 9.99. The second kappa shape index (κ2) is 11.9. The standard InChI is InChI=1S/C25H38O8SSi/c1-15-10-12-19(13-11-15)34-24-23(32-18(4)28)22(31-17(3)27)21(30-16(2)26)20(33-24)14-29-35(8,9)25(5,6)7/h10-13,20-24H,14H2,1-9H3/t20-,21+,22+,23-,24+/m1/s1. The van der Waals surface area contributed by atoms with Crippen LogP contribution in [0.3, 0.4) is 0 Å². The lowest BCUT2D eigenvalue weighted by Gasteiger charge is -2.45. The zero-order chi connectivity index (χ0) is 26.6.